The Hall–Kier alpha value is -2.41. The normalized spacial score (nSPS) is 21.8. The van der Waals surface area contributed by atoms with Crippen LogP contribution in [0.4, 0.5) is 0 Å². The summed E-state index contributed by atoms with van der Waals surface area (Å²) in [6.07, 6.45) is 3.19. The molecule has 0 aliphatic carbocycles. The molecule has 0 saturated carbocycles. The van der Waals surface area contributed by atoms with Gasteiger partial charge >= 0.3 is 0 Å². The first kappa shape index (κ1) is 23.7. The van der Waals surface area contributed by atoms with Crippen LogP contribution in [-0.2, 0) is 17.8 Å². The maximum atomic E-state index is 13.1. The summed E-state index contributed by atoms with van der Waals surface area (Å²) in [6, 6.07) is 17.5. The Balaban J connectivity index is 1.32. The zero-order chi connectivity index (χ0) is 23.0. The van der Waals surface area contributed by atoms with Crippen LogP contribution in [0, 0.1) is 5.92 Å². The van der Waals surface area contributed by atoms with Gasteiger partial charge in [0.25, 0.3) is 0 Å². The maximum Gasteiger partial charge on any atom is 0.225 e. The van der Waals surface area contributed by atoms with Crippen molar-refractivity contribution in [2.75, 3.05) is 46.9 Å². The largest absolute Gasteiger partial charge is 0.497 e. The molecule has 2 atom stereocenters. The molecule has 4 rings (SSSR count). The van der Waals surface area contributed by atoms with E-state index in [9.17, 15) is 4.79 Å². The number of nitrogens with zero attached hydrogens (tertiary/aromatic N) is 1. The first-order valence-corrected chi connectivity index (χ1v) is 12.2. The summed E-state index contributed by atoms with van der Waals surface area (Å²) in [4.78, 5) is 15.4. The molecular weight excluding hydrogens is 412 g/mol. The van der Waals surface area contributed by atoms with E-state index in [1.807, 2.05) is 12.1 Å². The minimum atomic E-state index is -0.0153. The van der Waals surface area contributed by atoms with Crippen LogP contribution >= 0.6 is 0 Å². The van der Waals surface area contributed by atoms with E-state index in [0.29, 0.717) is 12.6 Å². The second-order valence-electron chi connectivity index (χ2n) is 9.47. The van der Waals surface area contributed by atoms with Crippen LogP contribution in [0.2, 0.25) is 0 Å². The third-order valence-corrected chi connectivity index (χ3v) is 7.02. The number of methoxy groups -OCH3 is 1. The van der Waals surface area contributed by atoms with E-state index in [0.717, 1.165) is 44.9 Å². The van der Waals surface area contributed by atoms with Gasteiger partial charge in [0.15, 0.2) is 0 Å². The van der Waals surface area contributed by atoms with Crippen LogP contribution in [0.1, 0.15) is 35.4 Å². The molecule has 0 unspecified atom stereocenters. The summed E-state index contributed by atoms with van der Waals surface area (Å²) in [5.41, 5.74) is 3.78. The van der Waals surface area contributed by atoms with E-state index >= 15 is 0 Å². The highest BCUT2D eigenvalue weighted by Crippen LogP contribution is 2.32. The molecule has 2 saturated heterocycles. The lowest BCUT2D eigenvalue weighted by atomic mass is 9.87. The average Bonchev–Trinajstić information content (AvgIpc) is 3.26. The molecule has 2 heterocycles. The van der Waals surface area contributed by atoms with Crippen LogP contribution in [0.25, 0.3) is 0 Å². The van der Waals surface area contributed by atoms with E-state index in [1.54, 1.807) is 7.11 Å². The van der Waals surface area contributed by atoms with Gasteiger partial charge in [-0.15, -0.1) is 0 Å². The van der Waals surface area contributed by atoms with Gasteiger partial charge in [0.05, 0.1) is 13.0 Å². The van der Waals surface area contributed by atoms with Crippen molar-refractivity contribution in [1.82, 2.24) is 20.9 Å². The Morgan fingerprint density at radius 2 is 1.88 bits per heavy atom. The second-order valence-corrected chi connectivity index (χ2v) is 9.47. The van der Waals surface area contributed by atoms with Crippen molar-refractivity contribution >= 4 is 5.91 Å². The number of carbonyl (C=O) groups is 1. The van der Waals surface area contributed by atoms with Crippen molar-refractivity contribution in [3.63, 3.8) is 0 Å². The zero-order valence-corrected chi connectivity index (χ0v) is 20.0. The Morgan fingerprint density at radius 1 is 1.09 bits per heavy atom. The number of carbonyl (C=O) groups excluding carboxylic acids is 1. The van der Waals surface area contributed by atoms with Gasteiger partial charge in [0.2, 0.25) is 5.91 Å². The SMILES string of the molecule is COc1ccc(CCNC(=O)[C@@H]2CN(C)C[C@@H]2c2cccc(CNC3CCNCC3)c2)cc1. The third kappa shape index (κ3) is 6.56. The number of hydrogen-bond acceptors (Lipinski definition) is 5. The van der Waals surface area contributed by atoms with E-state index < -0.39 is 0 Å². The maximum absolute atomic E-state index is 13.1. The number of hydrogen-bond donors (Lipinski definition) is 3. The van der Waals surface area contributed by atoms with Gasteiger partial charge in [-0.05, 0) is 68.2 Å². The molecule has 2 aromatic carbocycles. The standard InChI is InChI=1S/C27H38N4O2/c1-31-18-25(22-5-3-4-21(16-22)17-30-23-11-13-28-14-12-23)26(19-31)27(32)29-15-10-20-6-8-24(33-2)9-7-20/h3-9,16,23,25-26,28,30H,10-15,17-19H2,1-2H3,(H,29,32)/t25-,26-/m1/s1. The van der Waals surface area contributed by atoms with Gasteiger partial charge in [-0.3, -0.25) is 4.79 Å². The quantitative estimate of drug-likeness (QED) is 0.548. The van der Waals surface area contributed by atoms with E-state index in [1.165, 1.54) is 29.5 Å². The minimum Gasteiger partial charge on any atom is -0.497 e. The fourth-order valence-electron chi connectivity index (χ4n) is 5.08. The first-order valence-electron chi connectivity index (χ1n) is 12.2. The monoisotopic (exact) mass is 450 g/mol. The summed E-state index contributed by atoms with van der Waals surface area (Å²) in [7, 11) is 3.78. The molecule has 6 nitrogen and oxygen atoms in total. The number of likely N-dealkylation sites (tertiary alicyclic amines) is 1. The zero-order valence-electron chi connectivity index (χ0n) is 20.0. The van der Waals surface area contributed by atoms with Crippen LogP contribution in [0.15, 0.2) is 48.5 Å². The fraction of sp³-hybridized carbons (Fsp3) is 0.519. The first-order chi connectivity index (χ1) is 16.1. The Labute approximate surface area is 198 Å². The summed E-state index contributed by atoms with van der Waals surface area (Å²) in [5, 5.41) is 10.3. The Bertz CT molecular complexity index is 895. The predicted octanol–water partition coefficient (Wildman–Crippen LogP) is 2.54. The molecule has 2 aliphatic heterocycles. The van der Waals surface area contributed by atoms with E-state index in [-0.39, 0.29) is 17.7 Å². The van der Waals surface area contributed by atoms with Crippen LogP contribution in [-0.4, -0.2) is 63.7 Å². The molecule has 2 aromatic rings. The second kappa shape index (κ2) is 11.6. The molecule has 0 spiro atoms. The van der Waals surface area contributed by atoms with Crippen molar-refractivity contribution in [2.24, 2.45) is 5.92 Å². The molecule has 0 bridgehead atoms. The third-order valence-electron chi connectivity index (χ3n) is 7.02. The molecule has 2 fully saturated rings. The van der Waals surface area contributed by atoms with Crippen molar-refractivity contribution in [2.45, 2.75) is 37.8 Å². The van der Waals surface area contributed by atoms with E-state index in [4.69, 9.17) is 4.74 Å². The topological polar surface area (TPSA) is 65.6 Å². The molecule has 0 aromatic heterocycles. The summed E-state index contributed by atoms with van der Waals surface area (Å²) >= 11 is 0. The molecule has 178 valence electrons. The lowest BCUT2D eigenvalue weighted by Crippen LogP contribution is -2.39. The number of rotatable bonds is 9. The van der Waals surface area contributed by atoms with Crippen molar-refractivity contribution in [3.8, 4) is 5.75 Å². The number of piperidine rings is 1. The van der Waals surface area contributed by atoms with Crippen LogP contribution in [0.3, 0.4) is 0 Å². The molecule has 0 radical (unpaired) electrons. The van der Waals surface area contributed by atoms with Crippen molar-refractivity contribution in [1.29, 1.82) is 0 Å². The predicted molar refractivity (Wildman–Crippen MR) is 133 cm³/mol. The van der Waals surface area contributed by atoms with Gasteiger partial charge in [-0.1, -0.05) is 36.4 Å². The molecule has 1 amide bonds. The van der Waals surface area contributed by atoms with Crippen LogP contribution < -0.4 is 20.7 Å². The average molecular weight is 451 g/mol. The number of benzene rings is 2. The highest BCUT2D eigenvalue weighted by molar-refractivity contribution is 5.80. The number of ether oxygens (including phenoxy) is 1. The fourth-order valence-corrected chi connectivity index (χ4v) is 5.08. The number of likely N-dealkylation sites (N-methyl/N-ethyl adjacent to an activating group) is 1. The molecular formula is C27H38N4O2. The highest BCUT2D eigenvalue weighted by atomic mass is 16.5. The minimum absolute atomic E-state index is 0.0153. The Morgan fingerprint density at radius 3 is 2.64 bits per heavy atom. The lowest BCUT2D eigenvalue weighted by molar-refractivity contribution is -0.124. The summed E-state index contributed by atoms with van der Waals surface area (Å²) < 4.78 is 5.22. The van der Waals surface area contributed by atoms with Gasteiger partial charge in [-0.2, -0.15) is 0 Å². The van der Waals surface area contributed by atoms with Crippen molar-refractivity contribution < 1.29 is 9.53 Å². The molecule has 6 heteroatoms. The van der Waals surface area contributed by atoms with Gasteiger partial charge in [0, 0.05) is 38.1 Å². The van der Waals surface area contributed by atoms with Gasteiger partial charge in [-0.25, -0.2) is 0 Å². The molecule has 33 heavy (non-hydrogen) atoms. The molecule has 2 aliphatic rings. The van der Waals surface area contributed by atoms with Gasteiger partial charge < -0.3 is 25.6 Å². The Kier molecular flexibility index (Phi) is 8.37. The highest BCUT2D eigenvalue weighted by Gasteiger charge is 2.36. The smallest absolute Gasteiger partial charge is 0.225 e. The van der Waals surface area contributed by atoms with E-state index in [2.05, 4.69) is 64.3 Å². The lowest BCUT2D eigenvalue weighted by Gasteiger charge is -2.24. The van der Waals surface area contributed by atoms with Gasteiger partial charge in [0.1, 0.15) is 5.75 Å². The summed E-state index contributed by atoms with van der Waals surface area (Å²) in [6.45, 7) is 5.46. The number of nitrogens with one attached hydrogen (secondary N) is 3. The van der Waals surface area contributed by atoms with Crippen LogP contribution in [0.5, 0.6) is 5.75 Å². The molecule has 3 N–H and O–H groups in total. The summed E-state index contributed by atoms with van der Waals surface area (Å²) in [5.74, 6) is 1.23. The number of amides is 1. The van der Waals surface area contributed by atoms with Crippen molar-refractivity contribution in [3.05, 3.63) is 65.2 Å².